The van der Waals surface area contributed by atoms with E-state index in [-0.39, 0.29) is 5.91 Å². The van der Waals surface area contributed by atoms with E-state index in [2.05, 4.69) is 5.32 Å². The second-order valence-electron chi connectivity index (χ2n) is 4.85. The highest BCUT2D eigenvalue weighted by molar-refractivity contribution is 6.40. The summed E-state index contributed by atoms with van der Waals surface area (Å²) >= 11 is 12.2. The molecule has 2 rings (SSSR count). The van der Waals surface area contributed by atoms with Crippen molar-refractivity contribution < 1.29 is 4.79 Å². The predicted molar refractivity (Wildman–Crippen MR) is 75.2 cm³/mol. The molecule has 0 spiro atoms. The Kier molecular flexibility index (Phi) is 3.85. The molecule has 18 heavy (non-hydrogen) atoms. The van der Waals surface area contributed by atoms with E-state index in [0.29, 0.717) is 22.3 Å². The number of nitrogens with two attached hydrogens (primary N) is 1. The van der Waals surface area contributed by atoms with Crippen molar-refractivity contribution in [3.63, 3.8) is 0 Å². The summed E-state index contributed by atoms with van der Waals surface area (Å²) in [6.45, 7) is 2.23. The Morgan fingerprint density at radius 2 is 2.11 bits per heavy atom. The van der Waals surface area contributed by atoms with Gasteiger partial charge in [-0.25, -0.2) is 0 Å². The van der Waals surface area contributed by atoms with Crippen molar-refractivity contribution >= 4 is 34.8 Å². The highest BCUT2D eigenvalue weighted by Crippen LogP contribution is 2.42. The Hall–Kier alpha value is -0.770. The van der Waals surface area contributed by atoms with Crippen LogP contribution in [0.25, 0.3) is 0 Å². The van der Waals surface area contributed by atoms with Gasteiger partial charge in [0.05, 0.1) is 21.1 Å². The van der Waals surface area contributed by atoms with Crippen LogP contribution in [0.2, 0.25) is 10.0 Å². The van der Waals surface area contributed by atoms with Gasteiger partial charge < -0.3 is 11.1 Å². The number of hydrogen-bond acceptors (Lipinski definition) is 2. The van der Waals surface area contributed by atoms with Gasteiger partial charge in [0.2, 0.25) is 5.91 Å². The lowest BCUT2D eigenvalue weighted by Crippen LogP contribution is -2.47. The summed E-state index contributed by atoms with van der Waals surface area (Å²) in [5.41, 5.74) is 6.64. The van der Waals surface area contributed by atoms with Gasteiger partial charge in [-0.05, 0) is 31.4 Å². The van der Waals surface area contributed by atoms with Crippen molar-refractivity contribution in [1.29, 1.82) is 0 Å². The van der Waals surface area contributed by atoms with Crippen LogP contribution in [0.4, 0.5) is 5.69 Å². The highest BCUT2D eigenvalue weighted by atomic mass is 35.5. The monoisotopic (exact) mass is 286 g/mol. The zero-order valence-corrected chi connectivity index (χ0v) is 11.7. The normalized spacial score (nSPS) is 17.1. The van der Waals surface area contributed by atoms with Gasteiger partial charge in [-0.3, -0.25) is 4.79 Å². The van der Waals surface area contributed by atoms with Crippen molar-refractivity contribution in [3.8, 4) is 0 Å². The number of carbonyl (C=O) groups is 1. The van der Waals surface area contributed by atoms with Crippen LogP contribution in [0.5, 0.6) is 0 Å². The average molecular weight is 287 g/mol. The van der Waals surface area contributed by atoms with Crippen LogP contribution >= 0.6 is 23.2 Å². The molecule has 1 fully saturated rings. The van der Waals surface area contributed by atoms with Crippen LogP contribution in [0.3, 0.4) is 0 Å². The van der Waals surface area contributed by atoms with Gasteiger partial charge in [-0.2, -0.15) is 0 Å². The number of aryl methyl sites for hydroxylation is 1. The molecule has 0 aromatic heterocycles. The molecule has 1 aliphatic rings. The number of anilines is 1. The molecule has 0 bridgehead atoms. The molecule has 0 aliphatic heterocycles. The average Bonchev–Trinajstić information content (AvgIpc) is 2.29. The first kappa shape index (κ1) is 13.7. The Labute approximate surface area is 117 Å². The standard InChI is InChI=1S/C13H16Cl2N2O/c1-8-3-4-9(14)11(10(8)15)17-12(18)13(7-16)5-2-6-13/h3-4H,2,5-7,16H2,1H3,(H,17,18). The molecule has 3 nitrogen and oxygen atoms in total. The summed E-state index contributed by atoms with van der Waals surface area (Å²) in [4.78, 5) is 12.3. The van der Waals surface area contributed by atoms with Gasteiger partial charge in [0, 0.05) is 6.54 Å². The molecule has 1 aliphatic carbocycles. The summed E-state index contributed by atoms with van der Waals surface area (Å²) in [6.07, 6.45) is 2.70. The summed E-state index contributed by atoms with van der Waals surface area (Å²) in [6, 6.07) is 3.55. The molecule has 0 unspecified atom stereocenters. The Morgan fingerprint density at radius 1 is 1.44 bits per heavy atom. The van der Waals surface area contributed by atoms with Gasteiger partial charge in [-0.15, -0.1) is 0 Å². The number of amides is 1. The van der Waals surface area contributed by atoms with E-state index in [9.17, 15) is 4.79 Å². The lowest BCUT2D eigenvalue weighted by Gasteiger charge is -2.39. The number of nitrogens with one attached hydrogen (secondary N) is 1. The van der Waals surface area contributed by atoms with Crippen LogP contribution in [0, 0.1) is 12.3 Å². The Balaban J connectivity index is 2.24. The minimum atomic E-state index is -0.434. The van der Waals surface area contributed by atoms with Crippen molar-refractivity contribution in [2.45, 2.75) is 26.2 Å². The van der Waals surface area contributed by atoms with Crippen LogP contribution in [0.1, 0.15) is 24.8 Å². The summed E-state index contributed by atoms with van der Waals surface area (Å²) < 4.78 is 0. The molecule has 5 heteroatoms. The van der Waals surface area contributed by atoms with E-state index in [0.717, 1.165) is 24.8 Å². The van der Waals surface area contributed by atoms with Crippen molar-refractivity contribution in [1.82, 2.24) is 0 Å². The molecule has 1 amide bonds. The minimum absolute atomic E-state index is 0.0781. The quantitative estimate of drug-likeness (QED) is 0.895. The van der Waals surface area contributed by atoms with Gasteiger partial charge >= 0.3 is 0 Å². The highest BCUT2D eigenvalue weighted by Gasteiger charge is 2.43. The third-order valence-corrected chi connectivity index (χ3v) is 4.51. The lowest BCUT2D eigenvalue weighted by molar-refractivity contribution is -0.129. The smallest absolute Gasteiger partial charge is 0.231 e. The maximum atomic E-state index is 12.3. The summed E-state index contributed by atoms with van der Waals surface area (Å²) in [5.74, 6) is -0.0781. The van der Waals surface area contributed by atoms with Gasteiger partial charge in [0.15, 0.2) is 0 Å². The molecule has 1 saturated carbocycles. The van der Waals surface area contributed by atoms with Crippen LogP contribution in [0.15, 0.2) is 12.1 Å². The topological polar surface area (TPSA) is 55.1 Å². The molecular weight excluding hydrogens is 271 g/mol. The first-order valence-corrected chi connectivity index (χ1v) is 6.72. The first-order chi connectivity index (χ1) is 8.50. The van der Waals surface area contributed by atoms with Gasteiger partial charge in [-0.1, -0.05) is 35.7 Å². The molecular formula is C13H16Cl2N2O. The fourth-order valence-corrected chi connectivity index (χ4v) is 2.61. The predicted octanol–water partition coefficient (Wildman–Crippen LogP) is 3.37. The van der Waals surface area contributed by atoms with Crippen molar-refractivity contribution in [2.24, 2.45) is 11.1 Å². The second-order valence-corrected chi connectivity index (χ2v) is 5.63. The number of carbonyl (C=O) groups excluding carboxylic acids is 1. The van der Waals surface area contributed by atoms with Gasteiger partial charge in [0.25, 0.3) is 0 Å². The Morgan fingerprint density at radius 3 is 2.61 bits per heavy atom. The van der Waals surface area contributed by atoms with E-state index >= 15 is 0 Å². The fourth-order valence-electron chi connectivity index (χ4n) is 2.14. The first-order valence-electron chi connectivity index (χ1n) is 5.96. The third-order valence-electron chi connectivity index (χ3n) is 3.71. The minimum Gasteiger partial charge on any atom is -0.329 e. The third kappa shape index (κ3) is 2.22. The van der Waals surface area contributed by atoms with Crippen LogP contribution in [-0.2, 0) is 4.79 Å². The SMILES string of the molecule is Cc1ccc(Cl)c(NC(=O)C2(CN)CCC2)c1Cl. The molecule has 0 atom stereocenters. The van der Waals surface area contributed by atoms with E-state index in [4.69, 9.17) is 28.9 Å². The van der Waals surface area contributed by atoms with Gasteiger partial charge in [0.1, 0.15) is 0 Å². The molecule has 1 aromatic rings. The molecule has 0 heterocycles. The van der Waals surface area contributed by atoms with E-state index < -0.39 is 5.41 Å². The molecule has 3 N–H and O–H groups in total. The lowest BCUT2D eigenvalue weighted by atomic mass is 9.68. The van der Waals surface area contributed by atoms with Crippen LogP contribution < -0.4 is 11.1 Å². The molecule has 1 aromatic carbocycles. The van der Waals surface area contributed by atoms with E-state index in [1.54, 1.807) is 6.07 Å². The number of hydrogen-bond donors (Lipinski definition) is 2. The maximum Gasteiger partial charge on any atom is 0.231 e. The van der Waals surface area contributed by atoms with E-state index in [1.807, 2.05) is 13.0 Å². The molecule has 98 valence electrons. The summed E-state index contributed by atoms with van der Waals surface area (Å²) in [5, 5.41) is 3.77. The number of benzene rings is 1. The van der Waals surface area contributed by atoms with Crippen molar-refractivity contribution in [2.75, 3.05) is 11.9 Å². The van der Waals surface area contributed by atoms with E-state index in [1.165, 1.54) is 0 Å². The molecule has 0 saturated heterocycles. The summed E-state index contributed by atoms with van der Waals surface area (Å²) in [7, 11) is 0. The number of rotatable bonds is 3. The second kappa shape index (κ2) is 5.08. The largest absolute Gasteiger partial charge is 0.329 e. The zero-order valence-electron chi connectivity index (χ0n) is 10.2. The Bertz CT molecular complexity index is 479. The zero-order chi connectivity index (χ0) is 13.3. The van der Waals surface area contributed by atoms with Crippen LogP contribution in [-0.4, -0.2) is 12.5 Å². The van der Waals surface area contributed by atoms with Crippen molar-refractivity contribution in [3.05, 3.63) is 27.7 Å². The fraction of sp³-hybridized carbons (Fsp3) is 0.462. The molecule has 0 radical (unpaired) electrons. The number of halogens is 2. The maximum absolute atomic E-state index is 12.3.